The molecule has 4 heteroatoms. The molecule has 1 aliphatic rings. The molecular weight excluding hydrogens is 216 g/mol. The van der Waals surface area contributed by atoms with Crippen LogP contribution in [0.3, 0.4) is 0 Å². The summed E-state index contributed by atoms with van der Waals surface area (Å²) in [5, 5.41) is 2.94. The summed E-state index contributed by atoms with van der Waals surface area (Å²) < 4.78 is 5.44. The van der Waals surface area contributed by atoms with Crippen LogP contribution in [0.1, 0.15) is 52.4 Å². The van der Waals surface area contributed by atoms with Gasteiger partial charge in [-0.1, -0.05) is 13.8 Å². The van der Waals surface area contributed by atoms with E-state index < -0.39 is 0 Å². The molecule has 0 bridgehead atoms. The number of amides is 1. The van der Waals surface area contributed by atoms with Crippen molar-refractivity contribution in [1.82, 2.24) is 5.32 Å². The third-order valence-corrected chi connectivity index (χ3v) is 4.23. The summed E-state index contributed by atoms with van der Waals surface area (Å²) in [5.74, 6) is 0.0586. The average Bonchev–Trinajstić information content (AvgIpc) is 2.31. The molecule has 0 radical (unpaired) electrons. The maximum absolute atomic E-state index is 11.8. The highest BCUT2D eigenvalue weighted by Gasteiger charge is 2.39. The topological polar surface area (TPSA) is 64.3 Å². The van der Waals surface area contributed by atoms with E-state index in [1.165, 1.54) is 0 Å². The minimum Gasteiger partial charge on any atom is -0.378 e. The minimum atomic E-state index is -0.268. The van der Waals surface area contributed by atoms with Gasteiger partial charge >= 0.3 is 0 Å². The Hall–Kier alpha value is -0.610. The summed E-state index contributed by atoms with van der Waals surface area (Å²) in [7, 11) is 1.69. The van der Waals surface area contributed by atoms with Crippen LogP contribution in [0.2, 0.25) is 0 Å². The van der Waals surface area contributed by atoms with Gasteiger partial charge in [0.05, 0.1) is 12.0 Å². The first kappa shape index (κ1) is 14.5. The number of hydrogen-bond acceptors (Lipinski definition) is 3. The van der Waals surface area contributed by atoms with Gasteiger partial charge in [-0.25, -0.2) is 0 Å². The number of ether oxygens (including phenoxy) is 1. The molecule has 1 fully saturated rings. The Labute approximate surface area is 104 Å². The molecule has 0 unspecified atom stereocenters. The van der Waals surface area contributed by atoms with E-state index in [9.17, 15) is 4.79 Å². The Bertz CT molecular complexity index is 253. The normalized spacial score (nSPS) is 18.6. The third-order valence-electron chi connectivity index (χ3n) is 4.23. The standard InChI is InChI=1S/C13H26N2O2/c1-4-12(14,5-2)10-15-11(16)9-13(17-3)7-6-8-13/h4-10,14H2,1-3H3,(H,15,16). The Kier molecular flexibility index (Phi) is 4.95. The summed E-state index contributed by atoms with van der Waals surface area (Å²) in [6.07, 6.45) is 5.36. The van der Waals surface area contributed by atoms with Crippen LogP contribution in [0, 0.1) is 0 Å². The first-order valence-electron chi connectivity index (χ1n) is 6.60. The van der Waals surface area contributed by atoms with Crippen molar-refractivity contribution in [3.63, 3.8) is 0 Å². The summed E-state index contributed by atoms with van der Waals surface area (Å²) in [5.41, 5.74) is 5.68. The molecule has 0 aliphatic heterocycles. The van der Waals surface area contributed by atoms with Crippen LogP contribution < -0.4 is 11.1 Å². The zero-order valence-electron chi connectivity index (χ0n) is 11.3. The van der Waals surface area contributed by atoms with Crippen LogP contribution in [0.15, 0.2) is 0 Å². The molecule has 4 nitrogen and oxygen atoms in total. The van der Waals surface area contributed by atoms with Gasteiger partial charge in [-0.05, 0) is 32.1 Å². The molecule has 1 rings (SSSR count). The van der Waals surface area contributed by atoms with Gasteiger partial charge in [-0.3, -0.25) is 4.79 Å². The summed E-state index contributed by atoms with van der Waals surface area (Å²) >= 11 is 0. The van der Waals surface area contributed by atoms with Crippen molar-refractivity contribution in [2.75, 3.05) is 13.7 Å². The van der Waals surface area contributed by atoms with Gasteiger partial charge in [-0.2, -0.15) is 0 Å². The fourth-order valence-electron chi connectivity index (χ4n) is 2.15. The van der Waals surface area contributed by atoms with Crippen LogP contribution in [0.5, 0.6) is 0 Å². The van der Waals surface area contributed by atoms with Gasteiger partial charge in [0.2, 0.25) is 5.91 Å². The van der Waals surface area contributed by atoms with Gasteiger partial charge in [0.15, 0.2) is 0 Å². The highest BCUT2D eigenvalue weighted by molar-refractivity contribution is 5.77. The Morgan fingerprint density at radius 3 is 2.35 bits per heavy atom. The highest BCUT2D eigenvalue weighted by atomic mass is 16.5. The van der Waals surface area contributed by atoms with Crippen molar-refractivity contribution in [3.8, 4) is 0 Å². The Morgan fingerprint density at radius 2 is 2.00 bits per heavy atom. The van der Waals surface area contributed by atoms with Crippen molar-refractivity contribution < 1.29 is 9.53 Å². The summed E-state index contributed by atoms with van der Waals surface area (Å²) in [6, 6.07) is 0. The lowest BCUT2D eigenvalue weighted by molar-refractivity contribution is -0.134. The van der Waals surface area contributed by atoms with Crippen molar-refractivity contribution in [1.29, 1.82) is 0 Å². The van der Waals surface area contributed by atoms with Gasteiger partial charge < -0.3 is 15.8 Å². The second-order valence-corrected chi connectivity index (χ2v) is 5.26. The van der Waals surface area contributed by atoms with E-state index in [4.69, 9.17) is 10.5 Å². The van der Waals surface area contributed by atoms with E-state index in [1.807, 2.05) is 0 Å². The van der Waals surface area contributed by atoms with Gasteiger partial charge in [0.25, 0.3) is 0 Å². The fraction of sp³-hybridized carbons (Fsp3) is 0.923. The first-order chi connectivity index (χ1) is 7.99. The van der Waals surface area contributed by atoms with Crippen LogP contribution in [-0.4, -0.2) is 30.7 Å². The second-order valence-electron chi connectivity index (χ2n) is 5.26. The molecule has 0 atom stereocenters. The maximum Gasteiger partial charge on any atom is 0.222 e. The number of carbonyl (C=O) groups excluding carboxylic acids is 1. The zero-order chi connectivity index (χ0) is 12.9. The molecule has 0 aromatic rings. The van der Waals surface area contributed by atoms with Crippen molar-refractivity contribution in [2.45, 2.75) is 63.5 Å². The van der Waals surface area contributed by atoms with E-state index >= 15 is 0 Å². The zero-order valence-corrected chi connectivity index (χ0v) is 11.3. The van der Waals surface area contributed by atoms with Crippen LogP contribution >= 0.6 is 0 Å². The number of rotatable bonds is 7. The number of carbonyl (C=O) groups is 1. The maximum atomic E-state index is 11.8. The predicted octanol–water partition coefficient (Wildman–Crippen LogP) is 1.58. The van der Waals surface area contributed by atoms with E-state index in [0.29, 0.717) is 13.0 Å². The fourth-order valence-corrected chi connectivity index (χ4v) is 2.15. The van der Waals surface area contributed by atoms with E-state index in [-0.39, 0.29) is 17.0 Å². The third kappa shape index (κ3) is 3.68. The summed E-state index contributed by atoms with van der Waals surface area (Å²) in [4.78, 5) is 11.8. The monoisotopic (exact) mass is 242 g/mol. The van der Waals surface area contributed by atoms with E-state index in [0.717, 1.165) is 32.1 Å². The lowest BCUT2D eigenvalue weighted by Crippen LogP contribution is -2.51. The lowest BCUT2D eigenvalue weighted by atomic mass is 9.77. The average molecular weight is 242 g/mol. The number of hydrogen-bond donors (Lipinski definition) is 2. The van der Waals surface area contributed by atoms with Crippen LogP contribution in [-0.2, 0) is 9.53 Å². The molecular formula is C13H26N2O2. The molecule has 100 valence electrons. The molecule has 0 heterocycles. The van der Waals surface area contributed by atoms with Gasteiger partial charge in [-0.15, -0.1) is 0 Å². The first-order valence-corrected chi connectivity index (χ1v) is 6.60. The van der Waals surface area contributed by atoms with E-state index in [1.54, 1.807) is 7.11 Å². The van der Waals surface area contributed by atoms with Crippen molar-refractivity contribution in [2.24, 2.45) is 5.73 Å². The largest absolute Gasteiger partial charge is 0.378 e. The highest BCUT2D eigenvalue weighted by Crippen LogP contribution is 2.37. The number of nitrogens with one attached hydrogen (secondary N) is 1. The van der Waals surface area contributed by atoms with Crippen LogP contribution in [0.4, 0.5) is 0 Å². The molecule has 0 aromatic heterocycles. The lowest BCUT2D eigenvalue weighted by Gasteiger charge is -2.40. The molecule has 0 saturated heterocycles. The van der Waals surface area contributed by atoms with E-state index in [2.05, 4.69) is 19.2 Å². The number of methoxy groups -OCH3 is 1. The Morgan fingerprint density at radius 1 is 1.41 bits per heavy atom. The molecule has 0 aromatic carbocycles. The molecule has 0 spiro atoms. The summed E-state index contributed by atoms with van der Waals surface area (Å²) in [6.45, 7) is 4.66. The number of nitrogens with two attached hydrogens (primary N) is 1. The minimum absolute atomic E-state index is 0.0586. The van der Waals surface area contributed by atoms with Gasteiger partial charge in [0.1, 0.15) is 0 Å². The van der Waals surface area contributed by atoms with Crippen molar-refractivity contribution in [3.05, 3.63) is 0 Å². The quantitative estimate of drug-likeness (QED) is 0.712. The molecule has 3 N–H and O–H groups in total. The molecule has 1 aliphatic carbocycles. The molecule has 1 amide bonds. The SMILES string of the molecule is CCC(N)(CC)CNC(=O)CC1(OC)CCC1. The van der Waals surface area contributed by atoms with Gasteiger partial charge in [0, 0.05) is 19.2 Å². The molecule has 1 saturated carbocycles. The van der Waals surface area contributed by atoms with Crippen LogP contribution in [0.25, 0.3) is 0 Å². The smallest absolute Gasteiger partial charge is 0.222 e. The second kappa shape index (κ2) is 5.83. The Balaban J connectivity index is 2.35. The predicted molar refractivity (Wildman–Crippen MR) is 68.7 cm³/mol. The molecule has 17 heavy (non-hydrogen) atoms. The van der Waals surface area contributed by atoms with Crippen molar-refractivity contribution >= 4 is 5.91 Å².